The van der Waals surface area contributed by atoms with E-state index in [2.05, 4.69) is 54.7 Å². The molecule has 1 atom stereocenters. The van der Waals surface area contributed by atoms with Crippen molar-refractivity contribution in [3.05, 3.63) is 65.5 Å². The lowest BCUT2D eigenvalue weighted by atomic mass is 10.0. The molecule has 0 radical (unpaired) electrons. The molecule has 0 saturated carbocycles. The number of benzene rings is 1. The van der Waals surface area contributed by atoms with Crippen LogP contribution in [0.5, 0.6) is 0 Å². The third-order valence-electron chi connectivity index (χ3n) is 7.36. The molecule has 1 aromatic carbocycles. The lowest BCUT2D eigenvalue weighted by Gasteiger charge is -2.34. The van der Waals surface area contributed by atoms with Crippen molar-refractivity contribution < 1.29 is 13.2 Å². The van der Waals surface area contributed by atoms with Crippen LogP contribution in [-0.2, 0) is 13.2 Å². The fraction of sp³-hybridized carbons (Fsp3) is 0.370. The van der Waals surface area contributed by atoms with E-state index in [0.717, 1.165) is 60.2 Å². The number of rotatable bonds is 5. The van der Waals surface area contributed by atoms with Crippen LogP contribution in [0.2, 0.25) is 0 Å². The minimum absolute atomic E-state index is 0.0747. The first-order valence-electron chi connectivity index (χ1n) is 12.9. The number of anilines is 2. The first-order chi connectivity index (χ1) is 18.7. The van der Waals surface area contributed by atoms with Crippen LogP contribution in [0.4, 0.5) is 24.5 Å². The second-order valence-corrected chi connectivity index (χ2v) is 10.1. The number of imidazole rings is 1. The maximum absolute atomic E-state index is 13.7. The van der Waals surface area contributed by atoms with Crippen LogP contribution in [-0.4, -0.2) is 69.4 Å². The second kappa shape index (κ2) is 9.60. The zero-order valence-corrected chi connectivity index (χ0v) is 22.0. The molecular formula is C27H30F3N9. The van der Waals surface area contributed by atoms with Gasteiger partial charge < -0.3 is 25.4 Å². The van der Waals surface area contributed by atoms with Crippen LogP contribution >= 0.6 is 0 Å². The van der Waals surface area contributed by atoms with Crippen LogP contribution in [0.25, 0.3) is 22.3 Å². The molecule has 0 spiro atoms. The number of likely N-dealkylation sites (N-methyl/N-ethyl adjacent to an activating group) is 1. The summed E-state index contributed by atoms with van der Waals surface area (Å²) in [5.74, 6) is 0.635. The van der Waals surface area contributed by atoms with Crippen LogP contribution < -0.4 is 15.5 Å². The van der Waals surface area contributed by atoms with Gasteiger partial charge in [0.15, 0.2) is 0 Å². The molecule has 204 valence electrons. The van der Waals surface area contributed by atoms with Gasteiger partial charge in [0.1, 0.15) is 11.5 Å². The maximum Gasteiger partial charge on any atom is 0.418 e. The SMILES string of the molecule is C[C@H](NC1=C(c2nc3ccc(N4CCN(C)CC4)cc3[nH]2)CNc2cn(C)nc21)c1ncccc1C(F)(F)F. The fourth-order valence-electron chi connectivity index (χ4n) is 5.26. The van der Waals surface area contributed by atoms with E-state index in [4.69, 9.17) is 4.98 Å². The van der Waals surface area contributed by atoms with E-state index in [1.54, 1.807) is 11.6 Å². The Morgan fingerprint density at radius 3 is 2.64 bits per heavy atom. The molecule has 0 bridgehead atoms. The Hall–Kier alpha value is -4.06. The van der Waals surface area contributed by atoms with Crippen molar-refractivity contribution in [3.8, 4) is 0 Å². The van der Waals surface area contributed by atoms with E-state index < -0.39 is 17.8 Å². The number of pyridine rings is 1. The van der Waals surface area contributed by atoms with Crippen molar-refractivity contribution in [2.45, 2.75) is 19.1 Å². The Bertz CT molecular complexity index is 1540. The highest BCUT2D eigenvalue weighted by Gasteiger charge is 2.36. The van der Waals surface area contributed by atoms with Gasteiger partial charge in [0.25, 0.3) is 0 Å². The van der Waals surface area contributed by atoms with E-state index in [1.165, 1.54) is 12.3 Å². The zero-order valence-electron chi connectivity index (χ0n) is 22.0. The highest BCUT2D eigenvalue weighted by molar-refractivity contribution is 5.96. The van der Waals surface area contributed by atoms with Gasteiger partial charge in [-0.2, -0.15) is 18.3 Å². The number of hydrogen-bond acceptors (Lipinski definition) is 7. The molecule has 2 aliphatic heterocycles. The Kier molecular flexibility index (Phi) is 6.21. The summed E-state index contributed by atoms with van der Waals surface area (Å²) in [5, 5.41) is 11.3. The zero-order chi connectivity index (χ0) is 27.3. The molecule has 0 aliphatic carbocycles. The van der Waals surface area contributed by atoms with Crippen molar-refractivity contribution >= 4 is 33.7 Å². The van der Waals surface area contributed by atoms with Crippen LogP contribution in [0, 0.1) is 0 Å². The summed E-state index contributed by atoms with van der Waals surface area (Å²) in [6, 6.07) is 7.82. The number of aryl methyl sites for hydroxylation is 1. The van der Waals surface area contributed by atoms with Crippen molar-refractivity contribution in [1.82, 2.24) is 34.9 Å². The second-order valence-electron chi connectivity index (χ2n) is 10.1. The van der Waals surface area contributed by atoms with Crippen LogP contribution in [0.1, 0.15) is 35.7 Å². The van der Waals surface area contributed by atoms with E-state index in [9.17, 15) is 13.2 Å². The summed E-state index contributed by atoms with van der Waals surface area (Å²) in [4.78, 5) is 17.1. The molecule has 1 saturated heterocycles. The Morgan fingerprint density at radius 2 is 1.87 bits per heavy atom. The highest BCUT2D eigenvalue weighted by Crippen LogP contribution is 2.37. The van der Waals surface area contributed by atoms with Crippen LogP contribution in [0.15, 0.2) is 42.7 Å². The first-order valence-corrected chi connectivity index (χ1v) is 12.9. The predicted octanol–water partition coefficient (Wildman–Crippen LogP) is 4.11. The lowest BCUT2D eigenvalue weighted by Crippen LogP contribution is -2.44. The number of aromatic amines is 1. The predicted molar refractivity (Wildman–Crippen MR) is 145 cm³/mol. The van der Waals surface area contributed by atoms with Crippen molar-refractivity contribution in [2.24, 2.45) is 7.05 Å². The molecule has 2 aliphatic rings. The minimum atomic E-state index is -4.51. The molecule has 0 unspecified atom stereocenters. The number of alkyl halides is 3. The molecule has 6 rings (SSSR count). The monoisotopic (exact) mass is 537 g/mol. The molecule has 4 aromatic rings. The molecule has 0 amide bonds. The smallest absolute Gasteiger partial charge is 0.378 e. The number of piperazine rings is 1. The van der Waals surface area contributed by atoms with Gasteiger partial charge in [-0.05, 0) is 44.3 Å². The number of fused-ring (bicyclic) bond motifs is 2. The molecule has 9 nitrogen and oxygen atoms in total. The number of H-pyrrole nitrogens is 1. The standard InChI is InChI=1S/C27H30F3N9/c1-16(23-19(27(28,29)30)5-4-8-31-23)33-24-18(14-32-22-15-38(3)36-25(22)24)26-34-20-7-6-17(13-21(20)35-26)39-11-9-37(2)10-12-39/h4-8,13,15-16,32-33H,9-12,14H2,1-3H3,(H,34,35)/t16-/m0/s1. The van der Waals surface area contributed by atoms with Gasteiger partial charge in [-0.1, -0.05) is 0 Å². The number of nitrogens with zero attached hydrogens (tertiary/aromatic N) is 6. The van der Waals surface area contributed by atoms with E-state index in [0.29, 0.717) is 23.8 Å². The largest absolute Gasteiger partial charge is 0.418 e. The van der Waals surface area contributed by atoms with E-state index in [-0.39, 0.29) is 5.69 Å². The van der Waals surface area contributed by atoms with Gasteiger partial charge in [-0.15, -0.1) is 0 Å². The van der Waals surface area contributed by atoms with Gasteiger partial charge in [-0.25, -0.2) is 4.98 Å². The summed E-state index contributed by atoms with van der Waals surface area (Å²) in [7, 11) is 3.94. The Balaban J connectivity index is 1.39. The average molecular weight is 538 g/mol. The summed E-state index contributed by atoms with van der Waals surface area (Å²) < 4.78 is 42.9. The van der Waals surface area contributed by atoms with Crippen molar-refractivity contribution in [2.75, 3.05) is 50.0 Å². The molecule has 12 heteroatoms. The van der Waals surface area contributed by atoms with Gasteiger partial charge in [0, 0.05) is 63.4 Å². The maximum atomic E-state index is 13.7. The molecular weight excluding hydrogens is 507 g/mol. The molecule has 39 heavy (non-hydrogen) atoms. The quantitative estimate of drug-likeness (QED) is 0.353. The average Bonchev–Trinajstić information content (AvgIpc) is 3.51. The number of nitrogens with one attached hydrogen (secondary N) is 3. The topological polar surface area (TPSA) is 89.9 Å². The third kappa shape index (κ3) is 4.80. The number of aromatic nitrogens is 5. The summed E-state index contributed by atoms with van der Waals surface area (Å²) in [6.07, 6.45) is -1.29. The Labute approximate surface area is 223 Å². The Morgan fingerprint density at radius 1 is 1.08 bits per heavy atom. The van der Waals surface area contributed by atoms with Gasteiger partial charge >= 0.3 is 6.18 Å². The summed E-state index contributed by atoms with van der Waals surface area (Å²) in [6.45, 7) is 6.04. The summed E-state index contributed by atoms with van der Waals surface area (Å²) in [5.41, 5.74) is 4.84. The number of halogens is 3. The van der Waals surface area contributed by atoms with Gasteiger partial charge in [0.05, 0.1) is 39.7 Å². The lowest BCUT2D eigenvalue weighted by molar-refractivity contribution is -0.138. The fourth-order valence-corrected chi connectivity index (χ4v) is 5.26. The normalized spacial score (nSPS) is 17.3. The van der Waals surface area contributed by atoms with Crippen LogP contribution in [0.3, 0.4) is 0 Å². The summed E-state index contributed by atoms with van der Waals surface area (Å²) >= 11 is 0. The van der Waals surface area contributed by atoms with Gasteiger partial charge in [-0.3, -0.25) is 9.67 Å². The van der Waals surface area contributed by atoms with E-state index >= 15 is 0 Å². The molecule has 1 fully saturated rings. The molecule has 3 N–H and O–H groups in total. The molecule has 5 heterocycles. The number of hydrogen-bond donors (Lipinski definition) is 3. The highest BCUT2D eigenvalue weighted by atomic mass is 19.4. The van der Waals surface area contributed by atoms with Crippen molar-refractivity contribution in [1.29, 1.82) is 0 Å². The van der Waals surface area contributed by atoms with Gasteiger partial charge in [0.2, 0.25) is 0 Å². The third-order valence-corrected chi connectivity index (χ3v) is 7.36. The van der Waals surface area contributed by atoms with E-state index in [1.807, 2.05) is 19.3 Å². The van der Waals surface area contributed by atoms with Crippen molar-refractivity contribution in [3.63, 3.8) is 0 Å². The molecule has 3 aromatic heterocycles. The first kappa shape index (κ1) is 25.2. The minimum Gasteiger partial charge on any atom is -0.378 e.